The van der Waals surface area contributed by atoms with E-state index in [9.17, 15) is 9.59 Å². The van der Waals surface area contributed by atoms with Crippen LogP contribution in [0.1, 0.15) is 59.9 Å². The molecule has 1 aliphatic rings. The van der Waals surface area contributed by atoms with E-state index in [-0.39, 0.29) is 17.9 Å². The van der Waals surface area contributed by atoms with Crippen molar-refractivity contribution in [2.45, 2.75) is 46.1 Å². The Morgan fingerprint density at radius 3 is 2.29 bits per heavy atom. The summed E-state index contributed by atoms with van der Waals surface area (Å²) in [4.78, 5) is 27.6. The standard InChI is InChI=1S/C23H29N3O2/c1-4-17-7-9-18(10-8-17)22(27)25-19-11-12-21(26-13-5-6-14-26)20(15-19)23(28)24-16(2)3/h7-12,15-16H,4-6,13-14H2,1-3H3,(H,24,28)(H,25,27). The lowest BCUT2D eigenvalue weighted by atomic mass is 10.1. The molecule has 0 bridgehead atoms. The van der Waals surface area contributed by atoms with Gasteiger partial charge in [-0.1, -0.05) is 19.1 Å². The van der Waals surface area contributed by atoms with Crippen LogP contribution in [0.15, 0.2) is 42.5 Å². The van der Waals surface area contributed by atoms with Crippen LogP contribution in [0.4, 0.5) is 11.4 Å². The summed E-state index contributed by atoms with van der Waals surface area (Å²) >= 11 is 0. The highest BCUT2D eigenvalue weighted by molar-refractivity contribution is 6.06. The van der Waals surface area contributed by atoms with E-state index >= 15 is 0 Å². The summed E-state index contributed by atoms with van der Waals surface area (Å²) in [6, 6.07) is 13.2. The highest BCUT2D eigenvalue weighted by Gasteiger charge is 2.21. The molecule has 0 saturated carbocycles. The lowest BCUT2D eigenvalue weighted by molar-refractivity contribution is 0.0942. The van der Waals surface area contributed by atoms with Crippen molar-refractivity contribution in [1.82, 2.24) is 5.32 Å². The largest absolute Gasteiger partial charge is 0.371 e. The van der Waals surface area contributed by atoms with Gasteiger partial charge in [0.05, 0.1) is 5.56 Å². The molecule has 0 radical (unpaired) electrons. The number of rotatable bonds is 6. The van der Waals surface area contributed by atoms with Gasteiger partial charge in [0.1, 0.15) is 0 Å². The maximum absolute atomic E-state index is 12.8. The number of carbonyl (C=O) groups is 2. The molecular weight excluding hydrogens is 350 g/mol. The van der Waals surface area contributed by atoms with E-state index in [2.05, 4.69) is 22.5 Å². The molecule has 1 aliphatic heterocycles. The van der Waals surface area contributed by atoms with Gasteiger partial charge in [0, 0.05) is 36.1 Å². The predicted octanol–water partition coefficient (Wildman–Crippen LogP) is 4.24. The van der Waals surface area contributed by atoms with E-state index in [0.717, 1.165) is 38.0 Å². The molecule has 0 spiro atoms. The number of hydrogen-bond acceptors (Lipinski definition) is 3. The van der Waals surface area contributed by atoms with Crippen LogP contribution in [0.2, 0.25) is 0 Å². The number of nitrogens with zero attached hydrogens (tertiary/aromatic N) is 1. The quantitative estimate of drug-likeness (QED) is 0.789. The van der Waals surface area contributed by atoms with E-state index < -0.39 is 0 Å². The Labute approximate surface area is 167 Å². The van der Waals surface area contributed by atoms with Crippen molar-refractivity contribution in [2.75, 3.05) is 23.3 Å². The third kappa shape index (κ3) is 4.71. The number of amides is 2. The minimum absolute atomic E-state index is 0.0502. The van der Waals surface area contributed by atoms with Gasteiger partial charge in [-0.25, -0.2) is 0 Å². The van der Waals surface area contributed by atoms with Crippen LogP contribution in [0.3, 0.4) is 0 Å². The van der Waals surface area contributed by atoms with E-state index in [0.29, 0.717) is 16.8 Å². The van der Waals surface area contributed by atoms with Crippen molar-refractivity contribution >= 4 is 23.2 Å². The van der Waals surface area contributed by atoms with Crippen LogP contribution in [-0.2, 0) is 6.42 Å². The summed E-state index contributed by atoms with van der Waals surface area (Å²) in [6.45, 7) is 7.88. The molecule has 5 heteroatoms. The monoisotopic (exact) mass is 379 g/mol. The molecule has 1 fully saturated rings. The number of hydrogen-bond donors (Lipinski definition) is 2. The van der Waals surface area contributed by atoms with Gasteiger partial charge in [-0.2, -0.15) is 0 Å². The number of nitrogens with one attached hydrogen (secondary N) is 2. The fourth-order valence-corrected chi connectivity index (χ4v) is 3.46. The van der Waals surface area contributed by atoms with E-state index in [1.165, 1.54) is 5.56 Å². The van der Waals surface area contributed by atoms with Gasteiger partial charge >= 0.3 is 0 Å². The van der Waals surface area contributed by atoms with Crippen molar-refractivity contribution < 1.29 is 9.59 Å². The Morgan fingerprint density at radius 1 is 1.00 bits per heavy atom. The summed E-state index contributed by atoms with van der Waals surface area (Å²) in [5.74, 6) is -0.285. The fraction of sp³-hybridized carbons (Fsp3) is 0.391. The molecule has 5 nitrogen and oxygen atoms in total. The molecule has 0 atom stereocenters. The number of anilines is 2. The Hall–Kier alpha value is -2.82. The second-order valence-corrected chi connectivity index (χ2v) is 7.56. The summed E-state index contributed by atoms with van der Waals surface area (Å²) in [7, 11) is 0. The van der Waals surface area contributed by atoms with E-state index in [1.807, 2.05) is 50.2 Å². The molecule has 0 aliphatic carbocycles. The maximum atomic E-state index is 12.8. The first kappa shape index (κ1) is 19.9. The highest BCUT2D eigenvalue weighted by atomic mass is 16.2. The summed E-state index contributed by atoms with van der Waals surface area (Å²) < 4.78 is 0. The molecule has 0 unspecified atom stereocenters. The van der Waals surface area contributed by atoms with E-state index in [1.54, 1.807) is 6.07 Å². The van der Waals surface area contributed by atoms with E-state index in [4.69, 9.17) is 0 Å². The molecule has 148 valence electrons. The SMILES string of the molecule is CCc1ccc(C(=O)Nc2ccc(N3CCCC3)c(C(=O)NC(C)C)c2)cc1. The Bertz CT molecular complexity index is 837. The molecule has 3 rings (SSSR count). The van der Waals surface area contributed by atoms with Crippen LogP contribution in [0.25, 0.3) is 0 Å². The van der Waals surface area contributed by atoms with Crippen molar-refractivity contribution in [3.8, 4) is 0 Å². The lowest BCUT2D eigenvalue weighted by Gasteiger charge is -2.22. The van der Waals surface area contributed by atoms with Gasteiger partial charge in [0.15, 0.2) is 0 Å². The van der Waals surface area contributed by atoms with Crippen LogP contribution in [0, 0.1) is 0 Å². The molecular formula is C23H29N3O2. The zero-order chi connectivity index (χ0) is 20.1. The molecule has 1 saturated heterocycles. The topological polar surface area (TPSA) is 61.4 Å². The van der Waals surface area contributed by atoms with Gasteiger partial charge in [-0.15, -0.1) is 0 Å². The number of carbonyl (C=O) groups excluding carboxylic acids is 2. The van der Waals surface area contributed by atoms with Gasteiger partial charge in [-0.05, 0) is 69.0 Å². The second-order valence-electron chi connectivity index (χ2n) is 7.56. The molecule has 2 aromatic carbocycles. The van der Waals surface area contributed by atoms with Gasteiger partial charge in [-0.3, -0.25) is 9.59 Å². The van der Waals surface area contributed by atoms with Crippen LogP contribution < -0.4 is 15.5 Å². The number of aryl methyl sites for hydroxylation is 1. The summed E-state index contributed by atoms with van der Waals surface area (Å²) in [5, 5.41) is 5.89. The highest BCUT2D eigenvalue weighted by Crippen LogP contribution is 2.28. The van der Waals surface area contributed by atoms with Crippen molar-refractivity contribution in [3.63, 3.8) is 0 Å². The summed E-state index contributed by atoms with van der Waals surface area (Å²) in [6.07, 6.45) is 3.21. The molecule has 2 amide bonds. The first-order valence-electron chi connectivity index (χ1n) is 10.1. The zero-order valence-corrected chi connectivity index (χ0v) is 16.9. The minimum Gasteiger partial charge on any atom is -0.371 e. The maximum Gasteiger partial charge on any atom is 0.255 e. The average Bonchev–Trinajstić information content (AvgIpc) is 3.22. The average molecular weight is 380 g/mol. The predicted molar refractivity (Wildman–Crippen MR) is 114 cm³/mol. The van der Waals surface area contributed by atoms with Gasteiger partial charge in [0.25, 0.3) is 11.8 Å². The fourth-order valence-electron chi connectivity index (χ4n) is 3.46. The second kappa shape index (κ2) is 8.91. The third-order valence-electron chi connectivity index (χ3n) is 4.99. The number of benzene rings is 2. The first-order valence-corrected chi connectivity index (χ1v) is 10.1. The van der Waals surface area contributed by atoms with Gasteiger partial charge in [0.2, 0.25) is 0 Å². The van der Waals surface area contributed by atoms with Crippen molar-refractivity contribution in [2.24, 2.45) is 0 Å². The van der Waals surface area contributed by atoms with Crippen LogP contribution in [0.5, 0.6) is 0 Å². The lowest BCUT2D eigenvalue weighted by Crippen LogP contribution is -2.32. The molecule has 2 aromatic rings. The normalized spacial score (nSPS) is 13.6. The summed E-state index contributed by atoms with van der Waals surface area (Å²) in [5.41, 5.74) is 3.96. The Morgan fingerprint density at radius 2 is 1.68 bits per heavy atom. The van der Waals surface area contributed by atoms with Crippen LogP contribution in [-0.4, -0.2) is 30.9 Å². The minimum atomic E-state index is -0.174. The van der Waals surface area contributed by atoms with Gasteiger partial charge < -0.3 is 15.5 Å². The van der Waals surface area contributed by atoms with Crippen LogP contribution >= 0.6 is 0 Å². The van der Waals surface area contributed by atoms with Crippen molar-refractivity contribution in [1.29, 1.82) is 0 Å². The third-order valence-corrected chi connectivity index (χ3v) is 4.99. The Kier molecular flexibility index (Phi) is 6.34. The smallest absolute Gasteiger partial charge is 0.255 e. The zero-order valence-electron chi connectivity index (χ0n) is 16.9. The molecule has 2 N–H and O–H groups in total. The molecule has 28 heavy (non-hydrogen) atoms. The molecule has 1 heterocycles. The molecule has 0 aromatic heterocycles. The van der Waals surface area contributed by atoms with Crippen molar-refractivity contribution in [3.05, 3.63) is 59.2 Å². The Balaban J connectivity index is 1.84. The first-order chi connectivity index (χ1) is 13.5.